The van der Waals surface area contributed by atoms with Crippen molar-refractivity contribution in [3.05, 3.63) is 101 Å². The lowest BCUT2D eigenvalue weighted by molar-refractivity contribution is -0.121. The lowest BCUT2D eigenvalue weighted by atomic mass is 9.73. The average Bonchev–Trinajstić information content (AvgIpc) is 2.88. The summed E-state index contributed by atoms with van der Waals surface area (Å²) in [5.74, 6) is -2.57. The number of benzene rings is 3. The van der Waals surface area contributed by atoms with Crippen molar-refractivity contribution < 1.29 is 22.0 Å². The smallest absolute Gasteiger partial charge is 0.243 e. The Balaban J connectivity index is 1.51. The average molecular weight is 527 g/mol. The third-order valence-corrected chi connectivity index (χ3v) is 9.12. The van der Waals surface area contributed by atoms with Gasteiger partial charge in [0.2, 0.25) is 15.9 Å². The molecule has 1 atom stereocenters. The fourth-order valence-corrected chi connectivity index (χ4v) is 6.79. The Kier molecular flexibility index (Phi) is 8.39. The van der Waals surface area contributed by atoms with Crippen LogP contribution in [0.2, 0.25) is 0 Å². The van der Waals surface area contributed by atoms with E-state index in [9.17, 15) is 22.0 Å². The highest BCUT2D eigenvalue weighted by molar-refractivity contribution is 7.89. The first-order valence-corrected chi connectivity index (χ1v) is 13.9. The Morgan fingerprint density at radius 3 is 2.19 bits per heavy atom. The summed E-state index contributed by atoms with van der Waals surface area (Å²) in [6.45, 7) is 2.17. The highest BCUT2D eigenvalue weighted by Gasteiger charge is 2.34. The Labute approximate surface area is 217 Å². The molecule has 0 aromatic heterocycles. The van der Waals surface area contributed by atoms with Gasteiger partial charge in [-0.15, -0.1) is 0 Å². The number of halogens is 2. The van der Waals surface area contributed by atoms with Crippen LogP contribution in [-0.4, -0.2) is 25.2 Å². The van der Waals surface area contributed by atoms with E-state index in [1.807, 2.05) is 31.2 Å². The molecule has 1 saturated carbocycles. The first-order chi connectivity index (χ1) is 17.6. The monoisotopic (exact) mass is 526 g/mol. The third kappa shape index (κ3) is 6.43. The fraction of sp³-hybridized carbons (Fsp3) is 0.345. The molecule has 0 aliphatic heterocycles. The van der Waals surface area contributed by atoms with E-state index in [2.05, 4.69) is 0 Å². The van der Waals surface area contributed by atoms with E-state index in [1.165, 1.54) is 22.5 Å². The van der Waals surface area contributed by atoms with Crippen LogP contribution in [-0.2, 0) is 21.4 Å². The van der Waals surface area contributed by atoms with Crippen LogP contribution in [0.25, 0.3) is 0 Å². The van der Waals surface area contributed by atoms with Gasteiger partial charge >= 0.3 is 0 Å². The van der Waals surface area contributed by atoms with E-state index in [1.54, 1.807) is 18.2 Å². The van der Waals surface area contributed by atoms with E-state index in [0.29, 0.717) is 5.56 Å². The Bertz CT molecular complexity index is 1320. The van der Waals surface area contributed by atoms with Gasteiger partial charge in [-0.2, -0.15) is 4.31 Å². The molecule has 0 radical (unpaired) electrons. The molecule has 4 rings (SSSR count). The van der Waals surface area contributed by atoms with Gasteiger partial charge in [-0.25, -0.2) is 17.2 Å². The minimum Gasteiger partial charge on any atom is -0.369 e. The molecule has 1 amide bonds. The minimum absolute atomic E-state index is 0.0616. The van der Waals surface area contributed by atoms with Gasteiger partial charge in [0.15, 0.2) is 11.6 Å². The van der Waals surface area contributed by atoms with Crippen molar-refractivity contribution in [2.45, 2.75) is 50.0 Å². The van der Waals surface area contributed by atoms with E-state index in [-0.39, 0.29) is 41.6 Å². The first kappa shape index (κ1) is 26.9. The molecule has 196 valence electrons. The van der Waals surface area contributed by atoms with Gasteiger partial charge in [0.25, 0.3) is 0 Å². The number of hydrogen-bond acceptors (Lipinski definition) is 3. The van der Waals surface area contributed by atoms with Crippen molar-refractivity contribution in [3.8, 4) is 0 Å². The SMILES string of the molecule is Cc1ccc(C(C(N)=O)C2CCC(CN(Cc3ccc(F)c(F)c3)S(=O)(=O)c3ccccc3)CC2)cc1. The van der Waals surface area contributed by atoms with Crippen LogP contribution in [0.1, 0.15) is 48.3 Å². The maximum absolute atomic E-state index is 13.9. The molecular weight excluding hydrogens is 494 g/mol. The second-order valence-corrected chi connectivity index (χ2v) is 11.9. The van der Waals surface area contributed by atoms with Crippen molar-refractivity contribution in [1.29, 1.82) is 0 Å². The van der Waals surface area contributed by atoms with Crippen LogP contribution >= 0.6 is 0 Å². The maximum atomic E-state index is 13.9. The Morgan fingerprint density at radius 1 is 0.946 bits per heavy atom. The minimum atomic E-state index is -3.87. The van der Waals surface area contributed by atoms with E-state index in [4.69, 9.17) is 5.73 Å². The van der Waals surface area contributed by atoms with E-state index < -0.39 is 21.7 Å². The number of nitrogens with two attached hydrogens (primary N) is 1. The highest BCUT2D eigenvalue weighted by atomic mass is 32.2. The van der Waals surface area contributed by atoms with Crippen molar-refractivity contribution >= 4 is 15.9 Å². The number of amides is 1. The summed E-state index contributed by atoms with van der Waals surface area (Å²) < 4.78 is 55.8. The van der Waals surface area contributed by atoms with Crippen molar-refractivity contribution in [2.75, 3.05) is 6.54 Å². The quantitative estimate of drug-likeness (QED) is 0.398. The molecule has 2 N–H and O–H groups in total. The maximum Gasteiger partial charge on any atom is 0.243 e. The second kappa shape index (κ2) is 11.5. The number of sulfonamides is 1. The molecule has 1 unspecified atom stereocenters. The summed E-state index contributed by atoms with van der Waals surface area (Å²) in [6.07, 6.45) is 2.96. The van der Waals surface area contributed by atoms with Crippen LogP contribution in [0.3, 0.4) is 0 Å². The molecule has 0 spiro atoms. The van der Waals surface area contributed by atoms with E-state index in [0.717, 1.165) is 48.9 Å². The number of carbonyl (C=O) groups excluding carboxylic acids is 1. The molecule has 3 aromatic rings. The Hall–Kier alpha value is -3.10. The first-order valence-electron chi connectivity index (χ1n) is 12.5. The third-order valence-electron chi connectivity index (χ3n) is 7.29. The van der Waals surface area contributed by atoms with Crippen LogP contribution in [0.4, 0.5) is 8.78 Å². The van der Waals surface area contributed by atoms with Crippen LogP contribution in [0.15, 0.2) is 77.7 Å². The molecule has 1 aliphatic rings. The summed E-state index contributed by atoms with van der Waals surface area (Å²) in [5.41, 5.74) is 8.19. The summed E-state index contributed by atoms with van der Waals surface area (Å²) in [6, 6.07) is 19.4. The number of primary amides is 1. The molecule has 0 bridgehead atoms. The lowest BCUT2D eigenvalue weighted by Crippen LogP contribution is -2.37. The van der Waals surface area contributed by atoms with Crippen molar-refractivity contribution in [3.63, 3.8) is 0 Å². The molecule has 1 aliphatic carbocycles. The highest BCUT2D eigenvalue weighted by Crippen LogP contribution is 2.39. The van der Waals surface area contributed by atoms with Gasteiger partial charge < -0.3 is 5.73 Å². The van der Waals surface area contributed by atoms with Crippen LogP contribution < -0.4 is 5.73 Å². The van der Waals surface area contributed by atoms with Crippen LogP contribution in [0, 0.1) is 30.4 Å². The molecule has 3 aromatic carbocycles. The largest absolute Gasteiger partial charge is 0.369 e. The molecular formula is C29H32F2N2O3S. The number of carbonyl (C=O) groups is 1. The predicted octanol–water partition coefficient (Wildman–Crippen LogP) is 5.54. The molecule has 0 heterocycles. The summed E-state index contributed by atoms with van der Waals surface area (Å²) >= 11 is 0. The standard InChI is InChI=1S/C29H32F2N2O3S/c1-20-7-12-23(13-8-20)28(29(32)34)24-14-9-21(10-15-24)18-33(19-22-11-16-26(30)27(31)17-22)37(35,36)25-5-3-2-4-6-25/h2-8,11-13,16-17,21,24,28H,9-10,14-15,18-19H2,1H3,(H2,32,34). The number of nitrogens with zero attached hydrogens (tertiary/aromatic N) is 1. The van der Waals surface area contributed by atoms with Crippen molar-refractivity contribution in [2.24, 2.45) is 17.6 Å². The summed E-state index contributed by atoms with van der Waals surface area (Å²) in [4.78, 5) is 12.5. The van der Waals surface area contributed by atoms with Gasteiger partial charge in [0, 0.05) is 13.1 Å². The van der Waals surface area contributed by atoms with Crippen LogP contribution in [0.5, 0.6) is 0 Å². The molecule has 5 nitrogen and oxygen atoms in total. The van der Waals surface area contributed by atoms with E-state index >= 15 is 0 Å². The topological polar surface area (TPSA) is 80.5 Å². The van der Waals surface area contributed by atoms with Gasteiger partial charge in [-0.1, -0.05) is 54.1 Å². The zero-order valence-corrected chi connectivity index (χ0v) is 21.6. The number of hydrogen-bond donors (Lipinski definition) is 1. The molecule has 37 heavy (non-hydrogen) atoms. The fourth-order valence-electron chi connectivity index (χ4n) is 5.27. The summed E-state index contributed by atoms with van der Waals surface area (Å²) in [7, 11) is -3.87. The lowest BCUT2D eigenvalue weighted by Gasteiger charge is -2.35. The number of aryl methyl sites for hydroxylation is 1. The summed E-state index contributed by atoms with van der Waals surface area (Å²) in [5, 5.41) is 0. The Morgan fingerprint density at radius 2 is 1.59 bits per heavy atom. The zero-order valence-electron chi connectivity index (χ0n) is 20.8. The van der Waals surface area contributed by atoms with Gasteiger partial charge in [0.1, 0.15) is 0 Å². The van der Waals surface area contributed by atoms with Gasteiger partial charge in [-0.3, -0.25) is 4.79 Å². The number of rotatable bonds is 9. The van der Waals surface area contributed by atoms with Crippen molar-refractivity contribution in [1.82, 2.24) is 4.31 Å². The molecule has 1 fully saturated rings. The normalized spacial score (nSPS) is 19.0. The molecule has 0 saturated heterocycles. The van der Waals surface area contributed by atoms with Gasteiger partial charge in [0.05, 0.1) is 10.8 Å². The predicted molar refractivity (Wildman–Crippen MR) is 139 cm³/mol. The van der Waals surface area contributed by atoms with Gasteiger partial charge in [-0.05, 0) is 79.8 Å². The second-order valence-electron chi connectivity index (χ2n) is 9.93. The molecule has 8 heteroatoms. The zero-order chi connectivity index (χ0) is 26.6.